The van der Waals surface area contributed by atoms with Crippen LogP contribution in [0.25, 0.3) is 21.8 Å². The number of carbonyl (C=O) groups is 1. The molecule has 0 unspecified atom stereocenters. The predicted octanol–water partition coefficient (Wildman–Crippen LogP) is 3.10. The number of aromatic nitrogens is 1. The van der Waals surface area contributed by atoms with Crippen LogP contribution in [0.5, 0.6) is 0 Å². The van der Waals surface area contributed by atoms with Gasteiger partial charge in [-0.25, -0.2) is 5.48 Å². The Morgan fingerprint density at radius 3 is 2.22 bits per heavy atom. The zero-order chi connectivity index (χ0) is 16.1. The van der Waals surface area contributed by atoms with E-state index in [0.717, 1.165) is 19.4 Å². The first-order chi connectivity index (χ1) is 11.3. The summed E-state index contributed by atoms with van der Waals surface area (Å²) in [5.41, 5.74) is 4.04. The first-order valence-corrected chi connectivity index (χ1v) is 7.78. The van der Waals surface area contributed by atoms with E-state index in [4.69, 9.17) is 9.94 Å². The molecule has 0 aliphatic rings. The van der Waals surface area contributed by atoms with Gasteiger partial charge in [0.1, 0.15) is 6.61 Å². The molecule has 1 amide bonds. The average molecular weight is 312 g/mol. The van der Waals surface area contributed by atoms with Gasteiger partial charge in [0, 0.05) is 35.0 Å². The van der Waals surface area contributed by atoms with Crippen LogP contribution < -0.4 is 5.48 Å². The second kappa shape index (κ2) is 7.26. The van der Waals surface area contributed by atoms with Gasteiger partial charge in [-0.2, -0.15) is 0 Å². The van der Waals surface area contributed by atoms with E-state index in [1.54, 1.807) is 5.48 Å². The highest BCUT2D eigenvalue weighted by Gasteiger charge is 2.08. The SMILES string of the molecule is O=C(COCCCCn1c2ccccc2c2ccccc21)NO. The summed E-state index contributed by atoms with van der Waals surface area (Å²) in [6, 6.07) is 16.9. The maximum Gasteiger partial charge on any atom is 0.269 e. The van der Waals surface area contributed by atoms with Crippen molar-refractivity contribution in [3.8, 4) is 0 Å². The summed E-state index contributed by atoms with van der Waals surface area (Å²) in [5.74, 6) is -0.521. The highest BCUT2D eigenvalue weighted by atomic mass is 16.5. The van der Waals surface area contributed by atoms with E-state index in [1.165, 1.54) is 21.8 Å². The van der Waals surface area contributed by atoms with Crippen molar-refractivity contribution in [2.75, 3.05) is 13.2 Å². The second-order valence-corrected chi connectivity index (χ2v) is 5.48. The van der Waals surface area contributed by atoms with Crippen LogP contribution in [-0.4, -0.2) is 28.9 Å². The quantitative estimate of drug-likeness (QED) is 0.400. The number of fused-ring (bicyclic) bond motifs is 3. The number of benzene rings is 2. The molecule has 2 N–H and O–H groups in total. The molecule has 5 heteroatoms. The van der Waals surface area contributed by atoms with Crippen molar-refractivity contribution >= 4 is 27.7 Å². The Morgan fingerprint density at radius 1 is 1.00 bits per heavy atom. The molecule has 0 radical (unpaired) electrons. The lowest BCUT2D eigenvalue weighted by Crippen LogP contribution is -2.24. The lowest BCUT2D eigenvalue weighted by molar-refractivity contribution is -0.134. The molecule has 0 aliphatic heterocycles. The molecule has 3 rings (SSSR count). The van der Waals surface area contributed by atoms with Crippen LogP contribution >= 0.6 is 0 Å². The van der Waals surface area contributed by atoms with E-state index < -0.39 is 5.91 Å². The minimum atomic E-state index is -0.521. The summed E-state index contributed by atoms with van der Waals surface area (Å²) in [4.78, 5) is 10.8. The molecule has 0 bridgehead atoms. The molecule has 5 nitrogen and oxygen atoms in total. The van der Waals surface area contributed by atoms with Crippen LogP contribution in [0.2, 0.25) is 0 Å². The molecule has 2 aromatic carbocycles. The Hall–Kier alpha value is -2.37. The Morgan fingerprint density at radius 2 is 1.61 bits per heavy atom. The number of nitrogens with one attached hydrogen (secondary N) is 1. The number of carbonyl (C=O) groups excluding carboxylic acids is 1. The predicted molar refractivity (Wildman–Crippen MR) is 89.4 cm³/mol. The van der Waals surface area contributed by atoms with Gasteiger partial charge in [-0.3, -0.25) is 10.0 Å². The molecule has 0 atom stereocenters. The fourth-order valence-electron chi connectivity index (χ4n) is 2.92. The van der Waals surface area contributed by atoms with Crippen LogP contribution in [0.4, 0.5) is 0 Å². The number of rotatable bonds is 7. The van der Waals surface area contributed by atoms with Crippen molar-refractivity contribution in [1.29, 1.82) is 0 Å². The van der Waals surface area contributed by atoms with Gasteiger partial charge in [0.25, 0.3) is 5.91 Å². The van der Waals surface area contributed by atoms with Crippen LogP contribution in [0, 0.1) is 0 Å². The van der Waals surface area contributed by atoms with Crippen molar-refractivity contribution in [3.05, 3.63) is 48.5 Å². The van der Waals surface area contributed by atoms with Crippen molar-refractivity contribution in [2.24, 2.45) is 0 Å². The molecule has 1 heterocycles. The first-order valence-electron chi connectivity index (χ1n) is 7.78. The number of amides is 1. The van der Waals surface area contributed by atoms with Gasteiger partial charge in [0.05, 0.1) is 0 Å². The Bertz CT molecular complexity index is 757. The van der Waals surface area contributed by atoms with Gasteiger partial charge < -0.3 is 9.30 Å². The smallest absolute Gasteiger partial charge is 0.269 e. The maximum atomic E-state index is 10.8. The summed E-state index contributed by atoms with van der Waals surface area (Å²) >= 11 is 0. The normalized spacial score (nSPS) is 11.2. The van der Waals surface area contributed by atoms with Crippen molar-refractivity contribution in [2.45, 2.75) is 19.4 Å². The first kappa shape index (κ1) is 15.5. The summed E-state index contributed by atoms with van der Waals surface area (Å²) in [5, 5.41) is 10.9. The number of unbranched alkanes of at least 4 members (excludes halogenated alkanes) is 1. The molecule has 3 aromatic rings. The fraction of sp³-hybridized carbons (Fsp3) is 0.278. The summed E-state index contributed by atoms with van der Waals surface area (Å²) in [6.45, 7) is 1.31. The Kier molecular flexibility index (Phi) is 4.90. The molecule has 23 heavy (non-hydrogen) atoms. The van der Waals surface area contributed by atoms with E-state index in [0.29, 0.717) is 6.61 Å². The minimum absolute atomic E-state index is 0.105. The number of hydrogen-bond donors (Lipinski definition) is 2. The number of ether oxygens (including phenoxy) is 1. The Balaban J connectivity index is 1.66. The average Bonchev–Trinajstić information content (AvgIpc) is 2.92. The van der Waals surface area contributed by atoms with Crippen LogP contribution in [0.1, 0.15) is 12.8 Å². The highest BCUT2D eigenvalue weighted by molar-refractivity contribution is 6.07. The standard InChI is InChI=1S/C18H20N2O3/c21-18(19-22)13-23-12-6-5-11-20-16-9-3-1-7-14(16)15-8-2-4-10-17(15)20/h1-4,7-10,22H,5-6,11-13H2,(H,19,21). The number of para-hydroxylation sites is 2. The zero-order valence-electron chi connectivity index (χ0n) is 12.9. The van der Waals surface area contributed by atoms with E-state index in [1.807, 2.05) is 0 Å². The summed E-state index contributed by atoms with van der Waals surface area (Å²) < 4.78 is 7.54. The van der Waals surface area contributed by atoms with Gasteiger partial charge in [-0.15, -0.1) is 0 Å². The lowest BCUT2D eigenvalue weighted by atomic mass is 10.2. The molecule has 0 spiro atoms. The molecular formula is C18H20N2O3. The topological polar surface area (TPSA) is 63.5 Å². The van der Waals surface area contributed by atoms with Crippen LogP contribution in [-0.2, 0) is 16.1 Å². The largest absolute Gasteiger partial charge is 0.372 e. The molecule has 0 aliphatic carbocycles. The molecule has 0 fully saturated rings. The molecule has 0 saturated heterocycles. The van der Waals surface area contributed by atoms with Gasteiger partial charge in [-0.05, 0) is 25.0 Å². The third-order valence-electron chi connectivity index (χ3n) is 3.96. The number of hydrogen-bond acceptors (Lipinski definition) is 3. The van der Waals surface area contributed by atoms with E-state index >= 15 is 0 Å². The third-order valence-corrected chi connectivity index (χ3v) is 3.96. The number of aryl methyl sites for hydroxylation is 1. The Labute approximate surface area is 134 Å². The summed E-state index contributed by atoms with van der Waals surface area (Å²) in [7, 11) is 0. The highest BCUT2D eigenvalue weighted by Crippen LogP contribution is 2.28. The zero-order valence-corrected chi connectivity index (χ0v) is 12.9. The minimum Gasteiger partial charge on any atom is -0.372 e. The fourth-order valence-corrected chi connectivity index (χ4v) is 2.92. The van der Waals surface area contributed by atoms with Crippen LogP contribution in [0.15, 0.2) is 48.5 Å². The second-order valence-electron chi connectivity index (χ2n) is 5.48. The van der Waals surface area contributed by atoms with Crippen molar-refractivity contribution in [3.63, 3.8) is 0 Å². The lowest BCUT2D eigenvalue weighted by Gasteiger charge is -2.08. The number of hydroxylamine groups is 1. The van der Waals surface area contributed by atoms with Gasteiger partial charge in [0.2, 0.25) is 0 Å². The van der Waals surface area contributed by atoms with E-state index in [2.05, 4.69) is 53.1 Å². The van der Waals surface area contributed by atoms with E-state index in [-0.39, 0.29) is 6.61 Å². The molecule has 0 saturated carbocycles. The monoisotopic (exact) mass is 312 g/mol. The maximum absolute atomic E-state index is 10.8. The van der Waals surface area contributed by atoms with Crippen LogP contribution in [0.3, 0.4) is 0 Å². The third kappa shape index (κ3) is 3.36. The molecule has 120 valence electrons. The van der Waals surface area contributed by atoms with Crippen molar-refractivity contribution < 1.29 is 14.7 Å². The van der Waals surface area contributed by atoms with Gasteiger partial charge >= 0.3 is 0 Å². The molecule has 1 aromatic heterocycles. The van der Waals surface area contributed by atoms with Gasteiger partial charge in [0.15, 0.2) is 0 Å². The van der Waals surface area contributed by atoms with E-state index in [9.17, 15) is 4.79 Å². The summed E-state index contributed by atoms with van der Waals surface area (Å²) in [6.07, 6.45) is 1.82. The van der Waals surface area contributed by atoms with Gasteiger partial charge in [-0.1, -0.05) is 36.4 Å². The molecular weight excluding hydrogens is 292 g/mol. The number of nitrogens with zero attached hydrogens (tertiary/aromatic N) is 1. The van der Waals surface area contributed by atoms with Crippen molar-refractivity contribution in [1.82, 2.24) is 10.0 Å².